The Kier molecular flexibility index (Phi) is 8.10. The van der Waals surface area contributed by atoms with E-state index in [0.29, 0.717) is 54.1 Å². The van der Waals surface area contributed by atoms with Crippen molar-refractivity contribution >= 4 is 33.4 Å². The SMILES string of the molecule is COc1ccc(NC(=O)C(CCSC)NS(=O)(=O)c2ccc3c(c2)OCCO3)cc1OC. The van der Waals surface area contributed by atoms with Crippen LogP contribution in [0.25, 0.3) is 0 Å². The Labute approximate surface area is 191 Å². The van der Waals surface area contributed by atoms with E-state index in [1.54, 1.807) is 24.3 Å². The Morgan fingerprint density at radius 2 is 1.78 bits per heavy atom. The van der Waals surface area contributed by atoms with Crippen LogP contribution in [-0.4, -0.2) is 59.8 Å². The maximum Gasteiger partial charge on any atom is 0.242 e. The number of rotatable bonds is 10. The molecule has 0 radical (unpaired) electrons. The molecular weight excluding hydrogens is 456 g/mol. The fourth-order valence-corrected chi connectivity index (χ4v) is 4.79. The molecule has 11 heteroatoms. The van der Waals surface area contributed by atoms with Gasteiger partial charge in [-0.05, 0) is 42.7 Å². The molecule has 9 nitrogen and oxygen atoms in total. The molecule has 2 aromatic carbocycles. The maximum atomic E-state index is 13.0. The third-order valence-electron chi connectivity index (χ3n) is 4.70. The summed E-state index contributed by atoms with van der Waals surface area (Å²) >= 11 is 1.52. The highest BCUT2D eigenvalue weighted by Gasteiger charge is 2.27. The summed E-state index contributed by atoms with van der Waals surface area (Å²) in [4.78, 5) is 12.9. The highest BCUT2D eigenvalue weighted by Crippen LogP contribution is 2.32. The van der Waals surface area contributed by atoms with Crippen molar-refractivity contribution in [2.45, 2.75) is 17.4 Å². The van der Waals surface area contributed by atoms with Crippen LogP contribution in [0.2, 0.25) is 0 Å². The molecule has 0 aromatic heterocycles. The van der Waals surface area contributed by atoms with Crippen LogP contribution >= 0.6 is 11.8 Å². The number of ether oxygens (including phenoxy) is 4. The standard InChI is InChI=1S/C21H26N2O7S2/c1-27-17-6-4-14(12-19(17)28-2)22-21(24)16(8-11-31-3)23-32(25,26)15-5-7-18-20(13-15)30-10-9-29-18/h4-7,12-13,16,23H,8-11H2,1-3H3,(H,22,24). The van der Waals surface area contributed by atoms with Crippen LogP contribution in [0.1, 0.15) is 6.42 Å². The topological polar surface area (TPSA) is 112 Å². The van der Waals surface area contributed by atoms with Crippen molar-refractivity contribution in [3.8, 4) is 23.0 Å². The minimum Gasteiger partial charge on any atom is -0.493 e. The molecule has 2 aromatic rings. The molecule has 1 aliphatic heterocycles. The lowest BCUT2D eigenvalue weighted by molar-refractivity contribution is -0.117. The van der Waals surface area contributed by atoms with Crippen LogP contribution in [0.3, 0.4) is 0 Å². The van der Waals surface area contributed by atoms with Crippen molar-refractivity contribution in [2.75, 3.05) is 44.8 Å². The first-order valence-corrected chi connectivity index (χ1v) is 12.7. The molecule has 1 aliphatic rings. The van der Waals surface area contributed by atoms with Crippen molar-refractivity contribution < 1.29 is 32.2 Å². The normalized spacial score (nSPS) is 13.8. The van der Waals surface area contributed by atoms with Crippen LogP contribution in [0, 0.1) is 0 Å². The van der Waals surface area contributed by atoms with Gasteiger partial charge >= 0.3 is 0 Å². The molecule has 1 atom stereocenters. The number of carbonyl (C=O) groups excluding carboxylic acids is 1. The van der Waals surface area contributed by atoms with Gasteiger partial charge in [-0.3, -0.25) is 4.79 Å². The summed E-state index contributed by atoms with van der Waals surface area (Å²) in [5.74, 6) is 1.92. The van der Waals surface area contributed by atoms with Crippen molar-refractivity contribution in [1.82, 2.24) is 4.72 Å². The summed E-state index contributed by atoms with van der Waals surface area (Å²) in [7, 11) is -0.977. The average Bonchev–Trinajstić information content (AvgIpc) is 2.81. The summed E-state index contributed by atoms with van der Waals surface area (Å²) in [6.07, 6.45) is 2.20. The van der Waals surface area contributed by atoms with Gasteiger partial charge in [-0.25, -0.2) is 8.42 Å². The van der Waals surface area contributed by atoms with Crippen LogP contribution in [0.15, 0.2) is 41.3 Å². The second-order valence-electron chi connectivity index (χ2n) is 6.82. The molecule has 0 spiro atoms. The highest BCUT2D eigenvalue weighted by atomic mass is 32.2. The Morgan fingerprint density at radius 1 is 1.06 bits per heavy atom. The van der Waals surface area contributed by atoms with E-state index in [2.05, 4.69) is 10.0 Å². The minimum absolute atomic E-state index is 0.00480. The number of amides is 1. The zero-order valence-electron chi connectivity index (χ0n) is 18.0. The van der Waals surface area contributed by atoms with Gasteiger partial charge in [0.15, 0.2) is 23.0 Å². The first-order valence-electron chi connectivity index (χ1n) is 9.81. The summed E-state index contributed by atoms with van der Waals surface area (Å²) in [5.41, 5.74) is 0.459. The second kappa shape index (κ2) is 10.8. The number of benzene rings is 2. The number of anilines is 1. The first kappa shape index (κ1) is 24.0. The number of hydrogen-bond acceptors (Lipinski definition) is 8. The fourth-order valence-electron chi connectivity index (χ4n) is 3.07. The molecule has 3 rings (SSSR count). The van der Waals surface area contributed by atoms with E-state index in [9.17, 15) is 13.2 Å². The van der Waals surface area contributed by atoms with Gasteiger partial charge in [0.2, 0.25) is 15.9 Å². The van der Waals surface area contributed by atoms with Crippen LogP contribution < -0.4 is 29.0 Å². The van der Waals surface area contributed by atoms with Gasteiger partial charge in [-0.15, -0.1) is 0 Å². The van der Waals surface area contributed by atoms with Crippen LogP contribution in [-0.2, 0) is 14.8 Å². The number of nitrogens with one attached hydrogen (secondary N) is 2. The first-order chi connectivity index (χ1) is 15.4. The number of hydrogen-bond donors (Lipinski definition) is 2. The predicted molar refractivity (Wildman–Crippen MR) is 123 cm³/mol. The van der Waals surface area contributed by atoms with E-state index in [0.717, 1.165) is 0 Å². The van der Waals surface area contributed by atoms with Crippen molar-refractivity contribution in [3.05, 3.63) is 36.4 Å². The Bertz CT molecular complexity index is 1060. The molecule has 0 saturated carbocycles. The predicted octanol–water partition coefficient (Wildman–Crippen LogP) is 2.51. The van der Waals surface area contributed by atoms with Gasteiger partial charge in [0.25, 0.3) is 0 Å². The maximum absolute atomic E-state index is 13.0. The lowest BCUT2D eigenvalue weighted by atomic mass is 10.2. The molecule has 174 valence electrons. The van der Waals surface area contributed by atoms with E-state index in [4.69, 9.17) is 18.9 Å². The smallest absolute Gasteiger partial charge is 0.242 e. The van der Waals surface area contributed by atoms with E-state index in [1.807, 2.05) is 6.26 Å². The molecule has 1 amide bonds. The summed E-state index contributed by atoms with van der Waals surface area (Å²) in [5, 5.41) is 2.75. The van der Waals surface area contributed by atoms with Crippen molar-refractivity contribution in [2.24, 2.45) is 0 Å². The zero-order valence-corrected chi connectivity index (χ0v) is 19.7. The van der Waals surface area contributed by atoms with Crippen molar-refractivity contribution in [1.29, 1.82) is 0 Å². The summed E-state index contributed by atoms with van der Waals surface area (Å²) in [6.45, 7) is 0.748. The summed E-state index contributed by atoms with van der Waals surface area (Å²) < 4.78 is 49.9. The van der Waals surface area contributed by atoms with E-state index in [1.165, 1.54) is 38.1 Å². The summed E-state index contributed by atoms with van der Waals surface area (Å²) in [6, 6.07) is 8.31. The molecule has 0 fully saturated rings. The lowest BCUT2D eigenvalue weighted by Crippen LogP contribution is -2.44. The highest BCUT2D eigenvalue weighted by molar-refractivity contribution is 7.98. The molecule has 32 heavy (non-hydrogen) atoms. The largest absolute Gasteiger partial charge is 0.493 e. The third kappa shape index (κ3) is 5.78. The van der Waals surface area contributed by atoms with Crippen molar-refractivity contribution in [3.63, 3.8) is 0 Å². The molecule has 0 bridgehead atoms. The van der Waals surface area contributed by atoms with E-state index >= 15 is 0 Å². The van der Waals surface area contributed by atoms with Gasteiger partial charge in [-0.2, -0.15) is 16.5 Å². The van der Waals surface area contributed by atoms with Gasteiger partial charge in [-0.1, -0.05) is 0 Å². The fraction of sp³-hybridized carbons (Fsp3) is 0.381. The molecular formula is C21H26N2O7S2. The monoisotopic (exact) mass is 482 g/mol. The Morgan fingerprint density at radius 3 is 2.47 bits per heavy atom. The molecule has 0 saturated heterocycles. The average molecular weight is 483 g/mol. The number of sulfonamides is 1. The lowest BCUT2D eigenvalue weighted by Gasteiger charge is -2.21. The Hall–Kier alpha value is -2.63. The molecule has 0 aliphatic carbocycles. The molecule has 1 heterocycles. The number of fused-ring (bicyclic) bond motifs is 1. The van der Waals surface area contributed by atoms with E-state index in [-0.39, 0.29) is 4.90 Å². The third-order valence-corrected chi connectivity index (χ3v) is 6.81. The number of methoxy groups -OCH3 is 2. The van der Waals surface area contributed by atoms with Gasteiger partial charge < -0.3 is 24.3 Å². The number of carbonyl (C=O) groups is 1. The minimum atomic E-state index is -3.98. The van der Waals surface area contributed by atoms with E-state index < -0.39 is 22.0 Å². The molecule has 2 N–H and O–H groups in total. The van der Waals surface area contributed by atoms with Gasteiger partial charge in [0.05, 0.1) is 19.1 Å². The van der Waals surface area contributed by atoms with Crippen LogP contribution in [0.5, 0.6) is 23.0 Å². The van der Waals surface area contributed by atoms with Gasteiger partial charge in [0, 0.05) is 17.8 Å². The molecule has 1 unspecified atom stereocenters. The van der Waals surface area contributed by atoms with Gasteiger partial charge in [0.1, 0.15) is 19.3 Å². The number of thioether (sulfide) groups is 1. The quantitative estimate of drug-likeness (QED) is 0.531. The second-order valence-corrected chi connectivity index (χ2v) is 9.52. The Balaban J connectivity index is 1.79. The van der Waals surface area contributed by atoms with Crippen LogP contribution in [0.4, 0.5) is 5.69 Å². The zero-order chi connectivity index (χ0) is 23.1.